The Labute approximate surface area is 91.7 Å². The number of nitrogens with two attached hydrogens (primary N) is 1. The van der Waals surface area contributed by atoms with Gasteiger partial charge in [0.05, 0.1) is 9.47 Å². The maximum Gasteiger partial charge on any atom is 0.263 e. The van der Waals surface area contributed by atoms with E-state index < -0.39 is 6.43 Å². The van der Waals surface area contributed by atoms with Crippen LogP contribution < -0.4 is 5.73 Å². The van der Waals surface area contributed by atoms with Crippen molar-refractivity contribution in [2.75, 3.05) is 5.73 Å². The average Bonchev–Trinajstić information content (AvgIpc) is 2.43. The fraction of sp³-hybridized carbons (Fsp3) is 0.111. The summed E-state index contributed by atoms with van der Waals surface area (Å²) in [6.07, 6.45) is -2.45. The predicted octanol–water partition coefficient (Wildman–Crippen LogP) is 4.18. The zero-order chi connectivity index (χ0) is 10.3. The van der Waals surface area contributed by atoms with E-state index in [0.717, 1.165) is 8.49 Å². The second-order valence-electron chi connectivity index (χ2n) is 2.85. The van der Waals surface area contributed by atoms with Crippen molar-refractivity contribution in [2.45, 2.75) is 6.43 Å². The molecule has 0 atom stereocenters. The first-order chi connectivity index (χ1) is 6.59. The number of benzene rings is 1. The summed E-state index contributed by atoms with van der Waals surface area (Å²) in [5.74, 6) is 0. The van der Waals surface area contributed by atoms with Gasteiger partial charge in [-0.2, -0.15) is 0 Å². The number of thiophene rings is 1. The van der Waals surface area contributed by atoms with E-state index in [9.17, 15) is 8.78 Å². The van der Waals surface area contributed by atoms with Crippen molar-refractivity contribution in [3.8, 4) is 0 Å². The van der Waals surface area contributed by atoms with Crippen LogP contribution in [0.1, 0.15) is 12.0 Å². The van der Waals surface area contributed by atoms with Crippen molar-refractivity contribution < 1.29 is 8.78 Å². The average molecular weight is 278 g/mol. The van der Waals surface area contributed by atoms with Gasteiger partial charge in [0.2, 0.25) is 0 Å². The highest BCUT2D eigenvalue weighted by Gasteiger charge is 2.11. The minimum Gasteiger partial charge on any atom is -0.397 e. The summed E-state index contributed by atoms with van der Waals surface area (Å²) in [7, 11) is 0. The van der Waals surface area contributed by atoms with Crippen LogP contribution in [-0.4, -0.2) is 0 Å². The number of alkyl halides is 2. The molecule has 0 aliphatic carbocycles. The number of anilines is 1. The molecule has 2 N–H and O–H groups in total. The van der Waals surface area contributed by atoms with Gasteiger partial charge >= 0.3 is 0 Å². The van der Waals surface area contributed by atoms with Crippen molar-refractivity contribution in [3.63, 3.8) is 0 Å². The van der Waals surface area contributed by atoms with Gasteiger partial charge in [-0.05, 0) is 28.1 Å². The maximum atomic E-state index is 12.4. The Bertz CT molecular complexity index is 481. The molecular formula is C9H6BrF2NS. The number of hydrogen-bond acceptors (Lipinski definition) is 2. The zero-order valence-corrected chi connectivity index (χ0v) is 9.33. The topological polar surface area (TPSA) is 26.0 Å². The zero-order valence-electron chi connectivity index (χ0n) is 6.93. The number of rotatable bonds is 1. The van der Waals surface area contributed by atoms with Crippen molar-refractivity contribution in [3.05, 3.63) is 27.5 Å². The Morgan fingerprint density at radius 2 is 2.07 bits per heavy atom. The van der Waals surface area contributed by atoms with Crippen LogP contribution in [-0.2, 0) is 0 Å². The summed E-state index contributed by atoms with van der Waals surface area (Å²) < 4.78 is 26.5. The molecule has 1 nitrogen and oxygen atoms in total. The van der Waals surface area contributed by atoms with Crippen molar-refractivity contribution in [1.29, 1.82) is 0 Å². The molecule has 14 heavy (non-hydrogen) atoms. The second-order valence-corrected chi connectivity index (χ2v) is 5.22. The van der Waals surface area contributed by atoms with E-state index in [0.29, 0.717) is 11.1 Å². The van der Waals surface area contributed by atoms with Crippen LogP contribution in [0.4, 0.5) is 14.5 Å². The molecule has 5 heteroatoms. The molecule has 1 aromatic heterocycles. The molecule has 0 aliphatic heterocycles. The lowest BCUT2D eigenvalue weighted by molar-refractivity contribution is 0.151. The number of halogens is 3. The van der Waals surface area contributed by atoms with Gasteiger partial charge in [0.25, 0.3) is 6.43 Å². The SMILES string of the molecule is Nc1c(Br)sc2ccc(C(F)F)cc12. The van der Waals surface area contributed by atoms with Crippen LogP contribution in [0.5, 0.6) is 0 Å². The molecule has 0 unspecified atom stereocenters. The van der Waals surface area contributed by atoms with Crippen LogP contribution >= 0.6 is 27.3 Å². The first-order valence-electron chi connectivity index (χ1n) is 3.85. The monoisotopic (exact) mass is 277 g/mol. The lowest BCUT2D eigenvalue weighted by Crippen LogP contribution is -1.85. The highest BCUT2D eigenvalue weighted by Crippen LogP contribution is 2.38. The Kier molecular flexibility index (Phi) is 2.45. The summed E-state index contributed by atoms with van der Waals surface area (Å²) in [6.45, 7) is 0. The Balaban J connectivity index is 2.69. The summed E-state index contributed by atoms with van der Waals surface area (Å²) in [5, 5.41) is 0.694. The van der Waals surface area contributed by atoms with Crippen LogP contribution in [0, 0.1) is 0 Å². The first-order valence-corrected chi connectivity index (χ1v) is 5.46. The van der Waals surface area contributed by atoms with Crippen molar-refractivity contribution in [1.82, 2.24) is 0 Å². The molecule has 0 fully saturated rings. The third-order valence-electron chi connectivity index (χ3n) is 1.96. The van der Waals surface area contributed by atoms with E-state index in [1.165, 1.54) is 23.5 Å². The van der Waals surface area contributed by atoms with Crippen LogP contribution in [0.2, 0.25) is 0 Å². The normalized spacial score (nSPS) is 11.4. The molecule has 1 heterocycles. The summed E-state index contributed by atoms with van der Waals surface area (Å²) in [6, 6.07) is 4.54. The molecule has 0 aliphatic rings. The van der Waals surface area contributed by atoms with Gasteiger partial charge in [0.1, 0.15) is 0 Å². The minimum atomic E-state index is -2.45. The predicted molar refractivity (Wildman–Crippen MR) is 58.9 cm³/mol. The number of nitrogen functional groups attached to an aromatic ring is 1. The fourth-order valence-electron chi connectivity index (χ4n) is 1.24. The second kappa shape index (κ2) is 3.47. The molecule has 1 aromatic carbocycles. The van der Waals surface area contributed by atoms with Gasteiger partial charge in [0, 0.05) is 15.6 Å². The molecule has 0 saturated heterocycles. The quantitative estimate of drug-likeness (QED) is 0.831. The van der Waals surface area contributed by atoms with Gasteiger partial charge < -0.3 is 5.73 Å². The molecule has 0 saturated carbocycles. The van der Waals surface area contributed by atoms with Gasteiger partial charge in [-0.15, -0.1) is 11.3 Å². The molecule has 0 spiro atoms. The molecule has 2 rings (SSSR count). The Morgan fingerprint density at radius 3 is 2.71 bits per heavy atom. The van der Waals surface area contributed by atoms with Crippen molar-refractivity contribution >= 4 is 43.0 Å². The van der Waals surface area contributed by atoms with Crippen LogP contribution in [0.15, 0.2) is 22.0 Å². The first kappa shape index (κ1) is 9.86. The van der Waals surface area contributed by atoms with Gasteiger partial charge in [-0.1, -0.05) is 6.07 Å². The minimum absolute atomic E-state index is 0.00880. The van der Waals surface area contributed by atoms with E-state index in [2.05, 4.69) is 15.9 Å². The summed E-state index contributed by atoms with van der Waals surface area (Å²) >= 11 is 4.72. The lowest BCUT2D eigenvalue weighted by Gasteiger charge is -1.99. The standard InChI is InChI=1S/C9H6BrF2NS/c10-8-7(13)5-3-4(9(11)12)1-2-6(5)14-8/h1-3,9H,13H2. The van der Waals surface area contributed by atoms with Crippen molar-refractivity contribution in [2.24, 2.45) is 0 Å². The van der Waals surface area contributed by atoms with E-state index in [1.807, 2.05) is 0 Å². The van der Waals surface area contributed by atoms with Crippen LogP contribution in [0.3, 0.4) is 0 Å². The third-order valence-corrected chi connectivity index (χ3v) is 3.84. The molecule has 2 aromatic rings. The summed E-state index contributed by atoms with van der Waals surface area (Å²) in [5.41, 5.74) is 6.27. The molecule has 0 bridgehead atoms. The highest BCUT2D eigenvalue weighted by atomic mass is 79.9. The Hall–Kier alpha value is -0.680. The Morgan fingerprint density at radius 1 is 1.36 bits per heavy atom. The summed E-state index contributed by atoms with van der Waals surface area (Å²) in [4.78, 5) is 0. The van der Waals surface area contributed by atoms with Gasteiger partial charge in [0.15, 0.2) is 0 Å². The number of hydrogen-bond donors (Lipinski definition) is 1. The molecular weight excluding hydrogens is 272 g/mol. The maximum absolute atomic E-state index is 12.4. The van der Waals surface area contributed by atoms with E-state index in [4.69, 9.17) is 5.73 Å². The molecule has 0 radical (unpaired) electrons. The number of fused-ring (bicyclic) bond motifs is 1. The lowest BCUT2D eigenvalue weighted by atomic mass is 10.1. The highest BCUT2D eigenvalue weighted by molar-refractivity contribution is 9.11. The largest absolute Gasteiger partial charge is 0.397 e. The fourth-order valence-corrected chi connectivity index (χ4v) is 2.80. The van der Waals surface area contributed by atoms with Gasteiger partial charge in [-0.3, -0.25) is 0 Å². The van der Waals surface area contributed by atoms with Crippen LogP contribution in [0.25, 0.3) is 10.1 Å². The van der Waals surface area contributed by atoms with E-state index in [-0.39, 0.29) is 5.56 Å². The smallest absolute Gasteiger partial charge is 0.263 e. The molecule has 74 valence electrons. The van der Waals surface area contributed by atoms with Gasteiger partial charge in [-0.25, -0.2) is 8.78 Å². The van der Waals surface area contributed by atoms with E-state index in [1.54, 1.807) is 6.07 Å². The van der Waals surface area contributed by atoms with E-state index >= 15 is 0 Å². The third kappa shape index (κ3) is 1.50. The molecule has 0 amide bonds.